The van der Waals surface area contributed by atoms with Gasteiger partial charge < -0.3 is 36.2 Å². The molecule has 0 fully saturated rings. The van der Waals surface area contributed by atoms with E-state index in [1.807, 2.05) is 0 Å². The van der Waals surface area contributed by atoms with Crippen LogP contribution in [0.5, 0.6) is 0 Å². The van der Waals surface area contributed by atoms with Crippen LogP contribution in [0.2, 0.25) is 0 Å². The third kappa shape index (κ3) is 13.0. The highest BCUT2D eigenvalue weighted by Gasteiger charge is 2.40. The van der Waals surface area contributed by atoms with Gasteiger partial charge in [-0.3, -0.25) is 19.8 Å². The third-order valence-electron chi connectivity index (χ3n) is 2.07. The molecule has 0 rings (SSSR count). The SMILES string of the molecule is Br.CN(CC(=O)O)C(=N)N.O=C(O)CC(O)(CC(=O)O)C(=O)O. The number of carbonyl (C=O) groups is 4. The van der Waals surface area contributed by atoms with Crippen molar-refractivity contribution in [2.24, 2.45) is 5.73 Å². The predicted octanol–water partition coefficient (Wildman–Crippen LogP) is -1.77. The minimum atomic E-state index is -2.74. The van der Waals surface area contributed by atoms with Crippen LogP contribution in [0.4, 0.5) is 0 Å². The van der Waals surface area contributed by atoms with Gasteiger partial charge in [-0.15, -0.1) is 17.0 Å². The average molecular weight is 404 g/mol. The van der Waals surface area contributed by atoms with E-state index >= 15 is 0 Å². The Bertz CT molecular complexity index is 452. The molecule has 0 saturated heterocycles. The van der Waals surface area contributed by atoms with Gasteiger partial charge in [0.2, 0.25) is 0 Å². The monoisotopic (exact) mass is 403 g/mol. The van der Waals surface area contributed by atoms with Crippen molar-refractivity contribution in [2.45, 2.75) is 18.4 Å². The normalized spacial score (nSPS) is 9.48. The van der Waals surface area contributed by atoms with Crippen molar-refractivity contribution >= 4 is 46.8 Å². The van der Waals surface area contributed by atoms with Crippen LogP contribution in [0.1, 0.15) is 12.8 Å². The lowest BCUT2D eigenvalue weighted by Crippen LogP contribution is -2.42. The first-order chi connectivity index (χ1) is 9.81. The minimum Gasteiger partial charge on any atom is -0.481 e. The summed E-state index contributed by atoms with van der Waals surface area (Å²) >= 11 is 0. The largest absolute Gasteiger partial charge is 0.481 e. The van der Waals surface area contributed by atoms with E-state index in [-0.39, 0.29) is 29.5 Å². The first-order valence-electron chi connectivity index (χ1n) is 5.48. The standard InChI is InChI=1S/C6H8O7.C4H9N3O2.BrH/c7-3(8)1-6(13,5(11)12)2-4(9)10;1-7(4(5)6)2-3(8)9;/h13H,1-2H2,(H,7,8)(H,9,10)(H,11,12);2H2,1H3,(H3,5,6)(H,8,9);1H. The Hall–Kier alpha value is -2.41. The van der Waals surface area contributed by atoms with Crippen LogP contribution in [-0.4, -0.2) is 79.5 Å². The number of nitrogens with one attached hydrogen (secondary N) is 1. The molecule has 0 aromatic rings. The smallest absolute Gasteiger partial charge is 0.336 e. The van der Waals surface area contributed by atoms with E-state index in [9.17, 15) is 19.2 Å². The molecule has 0 atom stereocenters. The molecule has 0 aliphatic rings. The van der Waals surface area contributed by atoms with E-state index in [1.54, 1.807) is 0 Å². The van der Waals surface area contributed by atoms with Crippen molar-refractivity contribution in [3.05, 3.63) is 0 Å². The van der Waals surface area contributed by atoms with Crippen molar-refractivity contribution in [1.82, 2.24) is 4.90 Å². The van der Waals surface area contributed by atoms with Crippen LogP contribution < -0.4 is 5.73 Å². The Kier molecular flexibility index (Phi) is 12.4. The second-order valence-corrected chi connectivity index (χ2v) is 4.11. The Balaban J connectivity index is -0.000000354. The van der Waals surface area contributed by atoms with Crippen LogP contribution >= 0.6 is 17.0 Å². The van der Waals surface area contributed by atoms with Crippen molar-refractivity contribution in [2.75, 3.05) is 13.6 Å². The molecule has 0 aliphatic heterocycles. The van der Waals surface area contributed by atoms with Crippen LogP contribution in [0.25, 0.3) is 0 Å². The van der Waals surface area contributed by atoms with Crippen LogP contribution in [0, 0.1) is 5.41 Å². The van der Waals surface area contributed by atoms with Gasteiger partial charge in [-0.2, -0.15) is 0 Å². The molecule has 0 spiro atoms. The second-order valence-electron chi connectivity index (χ2n) is 4.11. The molecule has 0 amide bonds. The van der Waals surface area contributed by atoms with Crippen molar-refractivity contribution in [3.63, 3.8) is 0 Å². The number of carboxylic acids is 4. The summed E-state index contributed by atoms with van der Waals surface area (Å²) in [5.41, 5.74) is 2.19. The lowest BCUT2D eigenvalue weighted by Gasteiger charge is -2.18. The maximum atomic E-state index is 10.3. The molecule has 0 aliphatic carbocycles. The molecular weight excluding hydrogens is 386 g/mol. The zero-order valence-corrected chi connectivity index (χ0v) is 13.6. The first kappa shape index (κ1) is 25.5. The summed E-state index contributed by atoms with van der Waals surface area (Å²) in [6.45, 7) is -0.227. The molecule has 0 aromatic carbocycles. The summed E-state index contributed by atoms with van der Waals surface area (Å²) in [5, 5.41) is 48.7. The number of nitrogens with two attached hydrogens (primary N) is 1. The molecule has 0 saturated carbocycles. The maximum Gasteiger partial charge on any atom is 0.336 e. The Labute approximate surface area is 140 Å². The highest BCUT2D eigenvalue weighted by atomic mass is 79.9. The molecule has 12 nitrogen and oxygen atoms in total. The van der Waals surface area contributed by atoms with E-state index in [0.29, 0.717) is 0 Å². The predicted molar refractivity (Wildman–Crippen MR) is 79.6 cm³/mol. The van der Waals surface area contributed by atoms with E-state index in [4.69, 9.17) is 36.7 Å². The highest BCUT2D eigenvalue weighted by Crippen LogP contribution is 2.15. The van der Waals surface area contributed by atoms with Crippen LogP contribution in [0.15, 0.2) is 0 Å². The van der Waals surface area contributed by atoms with E-state index in [2.05, 4.69) is 0 Å². The van der Waals surface area contributed by atoms with Crippen molar-refractivity contribution < 1.29 is 44.7 Å². The fourth-order valence-electron chi connectivity index (χ4n) is 1.00. The summed E-state index contributed by atoms with van der Waals surface area (Å²) in [4.78, 5) is 41.5. The number of hydrogen-bond donors (Lipinski definition) is 7. The van der Waals surface area contributed by atoms with Gasteiger partial charge in [-0.05, 0) is 0 Å². The molecule has 134 valence electrons. The lowest BCUT2D eigenvalue weighted by molar-refractivity contribution is -0.170. The van der Waals surface area contributed by atoms with E-state index in [1.165, 1.54) is 7.05 Å². The number of carboxylic acid groups (broad SMARTS) is 4. The number of rotatable bonds is 7. The van der Waals surface area contributed by atoms with E-state index < -0.39 is 42.3 Å². The second kappa shape index (κ2) is 11.2. The molecule has 0 aromatic heterocycles. The fourth-order valence-corrected chi connectivity index (χ4v) is 1.00. The third-order valence-corrected chi connectivity index (χ3v) is 2.07. The van der Waals surface area contributed by atoms with Gasteiger partial charge in [0.05, 0.1) is 12.8 Å². The van der Waals surface area contributed by atoms with Gasteiger partial charge in [0.15, 0.2) is 11.6 Å². The molecular formula is C10H18BrN3O9. The fraction of sp³-hybridized carbons (Fsp3) is 0.500. The number of nitrogens with zero attached hydrogens (tertiary/aromatic N) is 1. The highest BCUT2D eigenvalue weighted by molar-refractivity contribution is 8.93. The maximum absolute atomic E-state index is 10.3. The zero-order valence-electron chi connectivity index (χ0n) is 11.9. The summed E-state index contributed by atoms with van der Waals surface area (Å²) in [6, 6.07) is 0. The Morgan fingerprint density at radius 3 is 1.48 bits per heavy atom. The minimum absolute atomic E-state index is 0. The molecule has 0 bridgehead atoms. The molecule has 8 N–H and O–H groups in total. The van der Waals surface area contributed by atoms with Crippen LogP contribution in [0.3, 0.4) is 0 Å². The van der Waals surface area contributed by atoms with Gasteiger partial charge in [-0.25, -0.2) is 4.79 Å². The van der Waals surface area contributed by atoms with Gasteiger partial charge >= 0.3 is 23.9 Å². The number of guanidine groups is 1. The molecule has 0 unspecified atom stereocenters. The quantitative estimate of drug-likeness (QED) is 0.186. The number of halogens is 1. The van der Waals surface area contributed by atoms with Crippen LogP contribution in [-0.2, 0) is 19.2 Å². The number of aliphatic hydroxyl groups is 1. The Morgan fingerprint density at radius 1 is 1.00 bits per heavy atom. The summed E-state index contributed by atoms with van der Waals surface area (Å²) in [7, 11) is 1.44. The lowest BCUT2D eigenvalue weighted by atomic mass is 9.96. The number of likely N-dealkylation sites (N-methyl/N-ethyl adjacent to an activating group) is 1. The van der Waals surface area contributed by atoms with E-state index in [0.717, 1.165) is 4.90 Å². The number of hydrogen-bond acceptors (Lipinski definition) is 6. The number of aliphatic carboxylic acids is 4. The van der Waals surface area contributed by atoms with Gasteiger partial charge in [-0.1, -0.05) is 0 Å². The molecule has 13 heteroatoms. The summed E-state index contributed by atoms with van der Waals surface area (Å²) in [5.74, 6) is -6.25. The van der Waals surface area contributed by atoms with Gasteiger partial charge in [0.25, 0.3) is 0 Å². The topological polar surface area (TPSA) is 223 Å². The summed E-state index contributed by atoms with van der Waals surface area (Å²) in [6.07, 6.45) is -2.29. The van der Waals surface area contributed by atoms with Gasteiger partial charge in [0, 0.05) is 7.05 Å². The Morgan fingerprint density at radius 2 is 1.35 bits per heavy atom. The summed E-state index contributed by atoms with van der Waals surface area (Å²) < 4.78 is 0. The molecule has 0 radical (unpaired) electrons. The molecule has 23 heavy (non-hydrogen) atoms. The van der Waals surface area contributed by atoms with Crippen molar-refractivity contribution in [3.8, 4) is 0 Å². The van der Waals surface area contributed by atoms with Crippen molar-refractivity contribution in [1.29, 1.82) is 5.41 Å². The first-order valence-corrected chi connectivity index (χ1v) is 5.48. The zero-order chi connectivity index (χ0) is 18.1. The molecule has 0 heterocycles. The van der Waals surface area contributed by atoms with Gasteiger partial charge in [0.1, 0.15) is 6.54 Å². The average Bonchev–Trinajstić information content (AvgIpc) is 2.25.